The molecule has 0 radical (unpaired) electrons. The second-order valence-corrected chi connectivity index (χ2v) is 4.58. The lowest BCUT2D eigenvalue weighted by atomic mass is 10.0. The average Bonchev–Trinajstić information content (AvgIpc) is 2.76. The van der Waals surface area contributed by atoms with Crippen LogP contribution in [0.1, 0.15) is 19.3 Å². The SMILES string of the molecule is NC(=O)[C@@H]1CCC[C@H]1Nc1cccc(F)c1[N+](=O)[O-]. The molecule has 6 nitrogen and oxygen atoms in total. The van der Waals surface area contributed by atoms with Gasteiger partial charge in [0.1, 0.15) is 5.69 Å². The van der Waals surface area contributed by atoms with Gasteiger partial charge in [0.2, 0.25) is 11.7 Å². The Balaban J connectivity index is 2.26. The van der Waals surface area contributed by atoms with E-state index in [4.69, 9.17) is 5.73 Å². The van der Waals surface area contributed by atoms with E-state index in [2.05, 4.69) is 5.32 Å². The number of nitro groups is 1. The first-order valence-electron chi connectivity index (χ1n) is 5.99. The molecule has 1 aliphatic rings. The van der Waals surface area contributed by atoms with Crippen LogP contribution in [0.2, 0.25) is 0 Å². The molecule has 0 spiro atoms. The molecule has 102 valence electrons. The number of carbonyl (C=O) groups excluding carboxylic acids is 1. The summed E-state index contributed by atoms with van der Waals surface area (Å²) in [4.78, 5) is 21.4. The normalized spacial score (nSPS) is 22.2. The summed E-state index contributed by atoms with van der Waals surface area (Å²) >= 11 is 0. The van der Waals surface area contributed by atoms with Crippen LogP contribution in [-0.4, -0.2) is 16.9 Å². The Bertz CT molecular complexity index is 521. The van der Waals surface area contributed by atoms with Crippen molar-refractivity contribution in [1.82, 2.24) is 0 Å². The van der Waals surface area contributed by atoms with Gasteiger partial charge in [-0.05, 0) is 25.0 Å². The number of hydrogen-bond acceptors (Lipinski definition) is 4. The van der Waals surface area contributed by atoms with Crippen molar-refractivity contribution in [3.05, 3.63) is 34.1 Å². The van der Waals surface area contributed by atoms with Gasteiger partial charge in [-0.25, -0.2) is 0 Å². The van der Waals surface area contributed by atoms with Gasteiger partial charge in [-0.1, -0.05) is 12.5 Å². The molecule has 0 unspecified atom stereocenters. The Labute approximate surface area is 108 Å². The molecule has 3 N–H and O–H groups in total. The maximum Gasteiger partial charge on any atom is 0.327 e. The molecule has 2 atom stereocenters. The second-order valence-electron chi connectivity index (χ2n) is 4.58. The summed E-state index contributed by atoms with van der Waals surface area (Å²) < 4.78 is 13.5. The monoisotopic (exact) mass is 267 g/mol. The average molecular weight is 267 g/mol. The van der Waals surface area contributed by atoms with E-state index < -0.39 is 22.3 Å². The minimum absolute atomic E-state index is 0.0863. The zero-order valence-corrected chi connectivity index (χ0v) is 10.1. The van der Waals surface area contributed by atoms with E-state index in [1.54, 1.807) is 0 Å². The van der Waals surface area contributed by atoms with Crippen LogP contribution in [-0.2, 0) is 4.79 Å². The van der Waals surface area contributed by atoms with Gasteiger partial charge in [0.25, 0.3) is 0 Å². The number of anilines is 1. The van der Waals surface area contributed by atoms with E-state index in [0.717, 1.165) is 12.5 Å². The number of hydrogen-bond donors (Lipinski definition) is 2. The Morgan fingerprint density at radius 2 is 2.21 bits per heavy atom. The molecule has 0 heterocycles. The smallest absolute Gasteiger partial charge is 0.327 e. The lowest BCUT2D eigenvalue weighted by molar-refractivity contribution is -0.386. The molecule has 1 aromatic carbocycles. The number of carbonyl (C=O) groups is 1. The van der Waals surface area contributed by atoms with Crippen LogP contribution in [0.3, 0.4) is 0 Å². The summed E-state index contributed by atoms with van der Waals surface area (Å²) in [6, 6.07) is 3.57. The van der Waals surface area contributed by atoms with Crippen molar-refractivity contribution in [1.29, 1.82) is 0 Å². The summed E-state index contributed by atoms with van der Waals surface area (Å²) in [5.74, 6) is -1.71. The molecular weight excluding hydrogens is 253 g/mol. The van der Waals surface area contributed by atoms with E-state index in [1.165, 1.54) is 12.1 Å². The van der Waals surface area contributed by atoms with Gasteiger partial charge < -0.3 is 11.1 Å². The highest BCUT2D eigenvalue weighted by molar-refractivity contribution is 5.78. The van der Waals surface area contributed by atoms with Gasteiger partial charge in [-0.15, -0.1) is 0 Å². The van der Waals surface area contributed by atoms with E-state index >= 15 is 0 Å². The summed E-state index contributed by atoms with van der Waals surface area (Å²) in [6.45, 7) is 0. The van der Waals surface area contributed by atoms with E-state index in [9.17, 15) is 19.3 Å². The van der Waals surface area contributed by atoms with Crippen molar-refractivity contribution in [3.63, 3.8) is 0 Å². The Hall–Kier alpha value is -2.18. The van der Waals surface area contributed by atoms with Crippen LogP contribution in [0.25, 0.3) is 0 Å². The predicted molar refractivity (Wildman–Crippen MR) is 67.0 cm³/mol. The second kappa shape index (κ2) is 5.21. The molecule has 2 rings (SSSR count). The minimum Gasteiger partial charge on any atom is -0.376 e. The molecule has 1 amide bonds. The summed E-state index contributed by atoms with van der Waals surface area (Å²) in [5.41, 5.74) is 4.77. The number of rotatable bonds is 4. The quantitative estimate of drug-likeness (QED) is 0.641. The lowest BCUT2D eigenvalue weighted by Crippen LogP contribution is -2.34. The van der Waals surface area contributed by atoms with Crippen LogP contribution in [0, 0.1) is 21.8 Å². The predicted octanol–water partition coefficient (Wildman–Crippen LogP) is 1.80. The first-order chi connectivity index (χ1) is 9.00. The first kappa shape index (κ1) is 13.3. The van der Waals surface area contributed by atoms with Crippen molar-refractivity contribution in [2.24, 2.45) is 11.7 Å². The third-order valence-electron chi connectivity index (χ3n) is 3.39. The number of amides is 1. The number of para-hydroxylation sites is 1. The van der Waals surface area contributed by atoms with Crippen LogP contribution in [0.5, 0.6) is 0 Å². The molecule has 7 heteroatoms. The van der Waals surface area contributed by atoms with Gasteiger partial charge in [0.05, 0.1) is 10.8 Å². The molecule has 19 heavy (non-hydrogen) atoms. The lowest BCUT2D eigenvalue weighted by Gasteiger charge is -2.19. The van der Waals surface area contributed by atoms with Gasteiger partial charge in [0.15, 0.2) is 0 Å². The first-order valence-corrected chi connectivity index (χ1v) is 5.99. The fourth-order valence-electron chi connectivity index (χ4n) is 2.49. The van der Waals surface area contributed by atoms with E-state index in [1.807, 2.05) is 0 Å². The van der Waals surface area contributed by atoms with Crippen LogP contribution in [0.4, 0.5) is 15.8 Å². The highest BCUT2D eigenvalue weighted by atomic mass is 19.1. The van der Waals surface area contributed by atoms with Gasteiger partial charge >= 0.3 is 5.69 Å². The van der Waals surface area contributed by atoms with E-state index in [0.29, 0.717) is 12.8 Å². The number of nitro benzene ring substituents is 1. The Kier molecular flexibility index (Phi) is 3.64. The third-order valence-corrected chi connectivity index (χ3v) is 3.39. The molecule has 1 aliphatic carbocycles. The van der Waals surface area contributed by atoms with Gasteiger partial charge in [-0.3, -0.25) is 14.9 Å². The molecular formula is C12H14FN3O3. The Morgan fingerprint density at radius 1 is 1.47 bits per heavy atom. The maximum absolute atomic E-state index is 13.5. The standard InChI is InChI=1S/C12H14FN3O3/c13-8-4-2-6-10(11(8)16(18)19)15-9-5-1-3-7(9)12(14)17/h2,4,6-7,9,15H,1,3,5H2,(H2,14,17)/t7-,9-/m1/s1. The summed E-state index contributed by atoms with van der Waals surface area (Å²) in [5, 5.41) is 13.7. The van der Waals surface area contributed by atoms with Crippen molar-refractivity contribution in [2.45, 2.75) is 25.3 Å². The number of benzene rings is 1. The number of nitrogens with two attached hydrogens (primary N) is 1. The van der Waals surface area contributed by atoms with Crippen LogP contribution in [0.15, 0.2) is 18.2 Å². The molecule has 0 bridgehead atoms. The van der Waals surface area contributed by atoms with Gasteiger partial charge in [-0.2, -0.15) is 4.39 Å². The highest BCUT2D eigenvalue weighted by Gasteiger charge is 2.33. The molecule has 1 fully saturated rings. The number of nitrogens with zero attached hydrogens (tertiary/aromatic N) is 1. The number of halogens is 1. The van der Waals surface area contributed by atoms with E-state index in [-0.39, 0.29) is 17.6 Å². The Morgan fingerprint density at radius 3 is 2.84 bits per heavy atom. The summed E-state index contributed by atoms with van der Waals surface area (Å²) in [7, 11) is 0. The maximum atomic E-state index is 13.5. The van der Waals surface area contributed by atoms with Gasteiger partial charge in [0, 0.05) is 6.04 Å². The zero-order valence-electron chi connectivity index (χ0n) is 10.1. The van der Waals surface area contributed by atoms with Crippen LogP contribution >= 0.6 is 0 Å². The van der Waals surface area contributed by atoms with Crippen LogP contribution < -0.4 is 11.1 Å². The fraction of sp³-hybridized carbons (Fsp3) is 0.417. The minimum atomic E-state index is -0.899. The molecule has 0 aromatic heterocycles. The zero-order chi connectivity index (χ0) is 14.0. The fourth-order valence-corrected chi connectivity index (χ4v) is 2.49. The molecule has 1 aromatic rings. The summed E-state index contributed by atoms with van der Waals surface area (Å²) in [6.07, 6.45) is 2.14. The topological polar surface area (TPSA) is 98.3 Å². The van der Waals surface area contributed by atoms with Crippen molar-refractivity contribution < 1.29 is 14.1 Å². The van der Waals surface area contributed by atoms with Crippen molar-refractivity contribution >= 4 is 17.3 Å². The largest absolute Gasteiger partial charge is 0.376 e. The highest BCUT2D eigenvalue weighted by Crippen LogP contribution is 2.33. The number of nitrogens with one attached hydrogen (secondary N) is 1. The molecule has 1 saturated carbocycles. The molecule has 0 aliphatic heterocycles. The molecule has 0 saturated heterocycles. The van der Waals surface area contributed by atoms with Crippen molar-refractivity contribution in [3.8, 4) is 0 Å². The number of primary amides is 1. The third kappa shape index (κ3) is 2.64. The van der Waals surface area contributed by atoms with Crippen molar-refractivity contribution in [2.75, 3.05) is 5.32 Å².